The molecule has 20 heavy (non-hydrogen) atoms. The fourth-order valence-corrected chi connectivity index (χ4v) is 4.34. The lowest BCUT2D eigenvalue weighted by Crippen LogP contribution is -2.30. The summed E-state index contributed by atoms with van der Waals surface area (Å²) < 4.78 is 10.5. The van der Waals surface area contributed by atoms with Crippen molar-refractivity contribution >= 4 is 31.9 Å². The van der Waals surface area contributed by atoms with E-state index in [2.05, 4.69) is 63.0 Å². The summed E-state index contributed by atoms with van der Waals surface area (Å²) in [6.07, 6.45) is 2.15. The summed E-state index contributed by atoms with van der Waals surface area (Å²) in [7, 11) is 1.70. The molecule has 0 aliphatic carbocycles. The molecule has 0 atom stereocenters. The van der Waals surface area contributed by atoms with Gasteiger partial charge in [-0.2, -0.15) is 0 Å². The predicted octanol–water partition coefficient (Wildman–Crippen LogP) is 4.47. The van der Waals surface area contributed by atoms with Crippen LogP contribution in [0.2, 0.25) is 0 Å². The molecule has 0 aliphatic rings. The minimum absolute atomic E-state index is 0.136. The van der Waals surface area contributed by atoms with E-state index in [0.29, 0.717) is 13.2 Å². The molecule has 0 fully saturated rings. The molecule has 0 aliphatic heterocycles. The highest BCUT2D eigenvalue weighted by molar-refractivity contribution is 9.09. The molecular weight excluding hydrogens is 384 g/mol. The number of halogens is 2. The van der Waals surface area contributed by atoms with Crippen LogP contribution in [0.5, 0.6) is 0 Å². The minimum Gasteiger partial charge on any atom is -0.382 e. The maximum Gasteiger partial charge on any atom is 0.0700 e. The van der Waals surface area contributed by atoms with Crippen LogP contribution in [0.1, 0.15) is 24.0 Å². The lowest BCUT2D eigenvalue weighted by atomic mass is 9.80. The van der Waals surface area contributed by atoms with E-state index in [1.807, 2.05) is 0 Å². The Labute approximate surface area is 139 Å². The third kappa shape index (κ3) is 5.47. The predicted molar refractivity (Wildman–Crippen MR) is 92.4 cm³/mol. The third-order valence-electron chi connectivity index (χ3n) is 3.52. The maximum atomic E-state index is 5.56. The maximum absolute atomic E-state index is 5.56. The van der Waals surface area contributed by atoms with Gasteiger partial charge in [-0.15, -0.1) is 0 Å². The van der Waals surface area contributed by atoms with Gasteiger partial charge >= 0.3 is 0 Å². The normalized spacial score (nSPS) is 11.8. The van der Waals surface area contributed by atoms with Crippen molar-refractivity contribution in [3.05, 3.63) is 35.4 Å². The van der Waals surface area contributed by atoms with E-state index in [1.165, 1.54) is 11.1 Å². The molecular formula is C16H24Br2O2. The molecule has 0 saturated carbocycles. The van der Waals surface area contributed by atoms with Gasteiger partial charge < -0.3 is 9.47 Å². The molecule has 0 saturated heterocycles. The number of benzene rings is 1. The summed E-state index contributed by atoms with van der Waals surface area (Å²) in [4.78, 5) is 0. The van der Waals surface area contributed by atoms with Crippen LogP contribution in [-0.2, 0) is 14.9 Å². The van der Waals surface area contributed by atoms with Crippen LogP contribution in [0.4, 0.5) is 0 Å². The number of hydrogen-bond donors (Lipinski definition) is 0. The molecule has 0 aromatic heterocycles. The standard InChI is InChI=1S/C16H24Br2O2/c1-14-5-3-6-15(11-14)16(12-17,13-18)7-4-8-20-10-9-19-2/h3,5-6,11H,4,7-10,12-13H2,1-2H3. The summed E-state index contributed by atoms with van der Waals surface area (Å²) >= 11 is 7.40. The fourth-order valence-electron chi connectivity index (χ4n) is 2.20. The van der Waals surface area contributed by atoms with Crippen LogP contribution in [0.25, 0.3) is 0 Å². The van der Waals surface area contributed by atoms with Crippen molar-refractivity contribution in [1.82, 2.24) is 0 Å². The van der Waals surface area contributed by atoms with Gasteiger partial charge in [0.15, 0.2) is 0 Å². The molecule has 0 N–H and O–H groups in total. The first-order valence-corrected chi connectivity index (χ1v) is 9.18. The molecule has 0 unspecified atom stereocenters. The van der Waals surface area contributed by atoms with Crippen molar-refractivity contribution in [1.29, 1.82) is 0 Å². The van der Waals surface area contributed by atoms with E-state index < -0.39 is 0 Å². The van der Waals surface area contributed by atoms with Gasteiger partial charge in [-0.25, -0.2) is 0 Å². The summed E-state index contributed by atoms with van der Waals surface area (Å²) in [5.74, 6) is 0. The summed E-state index contributed by atoms with van der Waals surface area (Å²) in [5.41, 5.74) is 2.84. The molecule has 0 spiro atoms. The molecule has 1 aromatic carbocycles. The van der Waals surface area contributed by atoms with Crippen LogP contribution >= 0.6 is 31.9 Å². The van der Waals surface area contributed by atoms with Crippen molar-refractivity contribution in [2.75, 3.05) is 37.6 Å². The molecule has 1 rings (SSSR count). The monoisotopic (exact) mass is 406 g/mol. The highest BCUT2D eigenvalue weighted by Crippen LogP contribution is 2.34. The third-order valence-corrected chi connectivity index (χ3v) is 5.66. The van der Waals surface area contributed by atoms with E-state index in [9.17, 15) is 0 Å². The van der Waals surface area contributed by atoms with E-state index in [4.69, 9.17) is 9.47 Å². The topological polar surface area (TPSA) is 18.5 Å². The van der Waals surface area contributed by atoms with Gasteiger partial charge in [0, 0.05) is 29.8 Å². The Morgan fingerprint density at radius 2 is 1.85 bits per heavy atom. The molecule has 1 aromatic rings. The van der Waals surface area contributed by atoms with E-state index in [0.717, 1.165) is 30.1 Å². The Hall–Kier alpha value is 0.1000. The summed E-state index contributed by atoms with van der Waals surface area (Å²) in [6, 6.07) is 8.79. The van der Waals surface area contributed by atoms with Crippen molar-refractivity contribution in [3.8, 4) is 0 Å². The zero-order valence-corrected chi connectivity index (χ0v) is 15.5. The Morgan fingerprint density at radius 3 is 2.45 bits per heavy atom. The Morgan fingerprint density at radius 1 is 1.10 bits per heavy atom. The molecule has 0 radical (unpaired) electrons. The smallest absolute Gasteiger partial charge is 0.0700 e. The van der Waals surface area contributed by atoms with Gasteiger partial charge in [-0.05, 0) is 25.3 Å². The molecule has 0 bridgehead atoms. The van der Waals surface area contributed by atoms with Gasteiger partial charge in [-0.3, -0.25) is 0 Å². The Bertz CT molecular complexity index is 378. The van der Waals surface area contributed by atoms with Crippen LogP contribution in [0.3, 0.4) is 0 Å². The van der Waals surface area contributed by atoms with Gasteiger partial charge in [0.05, 0.1) is 13.2 Å². The summed E-state index contributed by atoms with van der Waals surface area (Å²) in [5, 5.41) is 1.90. The van der Waals surface area contributed by atoms with E-state index >= 15 is 0 Å². The van der Waals surface area contributed by atoms with Crippen LogP contribution < -0.4 is 0 Å². The second kappa shape index (κ2) is 9.93. The largest absolute Gasteiger partial charge is 0.382 e. The first-order valence-electron chi connectivity index (χ1n) is 6.94. The molecule has 114 valence electrons. The average Bonchev–Trinajstić information content (AvgIpc) is 2.47. The molecule has 0 amide bonds. The van der Waals surface area contributed by atoms with Crippen molar-refractivity contribution in [2.45, 2.75) is 25.2 Å². The van der Waals surface area contributed by atoms with E-state index in [-0.39, 0.29) is 5.41 Å². The lowest BCUT2D eigenvalue weighted by Gasteiger charge is -2.31. The minimum atomic E-state index is 0.136. The second-order valence-electron chi connectivity index (χ2n) is 5.13. The first-order chi connectivity index (χ1) is 9.68. The number of ether oxygens (including phenoxy) is 2. The lowest BCUT2D eigenvalue weighted by molar-refractivity contribution is 0.0671. The van der Waals surface area contributed by atoms with Gasteiger partial charge in [0.1, 0.15) is 0 Å². The van der Waals surface area contributed by atoms with Crippen molar-refractivity contribution < 1.29 is 9.47 Å². The van der Waals surface area contributed by atoms with Crippen molar-refractivity contribution in [3.63, 3.8) is 0 Å². The zero-order chi connectivity index (χ0) is 14.8. The Kier molecular flexibility index (Phi) is 9.01. The van der Waals surface area contributed by atoms with E-state index in [1.54, 1.807) is 7.11 Å². The van der Waals surface area contributed by atoms with Crippen LogP contribution in [0, 0.1) is 6.92 Å². The number of aryl methyl sites for hydroxylation is 1. The van der Waals surface area contributed by atoms with Crippen molar-refractivity contribution in [2.24, 2.45) is 0 Å². The van der Waals surface area contributed by atoms with Crippen LogP contribution in [0.15, 0.2) is 24.3 Å². The molecule has 2 nitrogen and oxygen atoms in total. The number of alkyl halides is 2. The van der Waals surface area contributed by atoms with Gasteiger partial charge in [0.25, 0.3) is 0 Å². The highest BCUT2D eigenvalue weighted by Gasteiger charge is 2.29. The zero-order valence-electron chi connectivity index (χ0n) is 12.3. The SMILES string of the molecule is COCCOCCCC(CBr)(CBr)c1cccc(C)c1. The average molecular weight is 408 g/mol. The van der Waals surface area contributed by atoms with Crippen LogP contribution in [-0.4, -0.2) is 37.6 Å². The highest BCUT2D eigenvalue weighted by atomic mass is 79.9. The molecule has 4 heteroatoms. The Balaban J connectivity index is 2.58. The molecule has 0 heterocycles. The number of methoxy groups -OCH3 is 1. The van der Waals surface area contributed by atoms with Gasteiger partial charge in [-0.1, -0.05) is 61.7 Å². The fraction of sp³-hybridized carbons (Fsp3) is 0.625. The summed E-state index contributed by atoms with van der Waals surface area (Å²) in [6.45, 7) is 4.28. The first kappa shape index (κ1) is 18.1. The van der Waals surface area contributed by atoms with Gasteiger partial charge in [0.2, 0.25) is 0 Å². The number of rotatable bonds is 10. The quantitative estimate of drug-likeness (QED) is 0.421. The number of hydrogen-bond acceptors (Lipinski definition) is 2. The second-order valence-corrected chi connectivity index (χ2v) is 6.25.